The van der Waals surface area contributed by atoms with Crippen molar-refractivity contribution in [2.45, 2.75) is 52.6 Å². The van der Waals surface area contributed by atoms with Gasteiger partial charge in [0, 0.05) is 0 Å². The van der Waals surface area contributed by atoms with E-state index in [0.29, 0.717) is 0 Å². The molecule has 0 bridgehead atoms. The van der Waals surface area contributed by atoms with Gasteiger partial charge in [-0.25, -0.2) is 0 Å². The highest BCUT2D eigenvalue weighted by Crippen LogP contribution is 2.36. The molecule has 0 spiro atoms. The van der Waals surface area contributed by atoms with Crippen LogP contribution in [0.15, 0.2) is 0 Å². The van der Waals surface area contributed by atoms with Gasteiger partial charge in [0.05, 0.1) is 5.92 Å². The van der Waals surface area contributed by atoms with Crippen molar-refractivity contribution < 1.29 is 35.9 Å². The highest BCUT2D eigenvalue weighted by atomic mass is 19.4. The average Bonchev–Trinajstić information content (AvgIpc) is 2.06. The molecule has 19 heavy (non-hydrogen) atoms. The first kappa shape index (κ1) is 18.0. The molecule has 0 aromatic rings. The summed E-state index contributed by atoms with van der Waals surface area (Å²) in [4.78, 5) is 11.3. The molecule has 0 saturated heterocycles. The van der Waals surface area contributed by atoms with Crippen LogP contribution in [0.3, 0.4) is 0 Å². The summed E-state index contributed by atoms with van der Waals surface area (Å²) in [7, 11) is 0. The van der Waals surface area contributed by atoms with Crippen LogP contribution in [-0.4, -0.2) is 24.4 Å². The summed E-state index contributed by atoms with van der Waals surface area (Å²) in [5, 5.41) is 0. The lowest BCUT2D eigenvalue weighted by molar-refractivity contribution is -0.314. The van der Waals surface area contributed by atoms with E-state index in [2.05, 4.69) is 4.74 Å². The Labute approximate surface area is 107 Å². The number of carbonyl (C=O) groups excluding carboxylic acids is 1. The van der Waals surface area contributed by atoms with E-state index in [9.17, 15) is 31.1 Å². The molecule has 0 aliphatic rings. The minimum Gasteiger partial charge on any atom is -0.443 e. The van der Waals surface area contributed by atoms with E-state index in [1.165, 1.54) is 6.92 Å². The minimum absolute atomic E-state index is 0.119. The van der Waals surface area contributed by atoms with Gasteiger partial charge < -0.3 is 4.74 Å². The summed E-state index contributed by atoms with van der Waals surface area (Å²) in [5.74, 6) is -2.55. The molecule has 1 unspecified atom stereocenters. The van der Waals surface area contributed by atoms with Crippen LogP contribution in [-0.2, 0) is 9.53 Å². The van der Waals surface area contributed by atoms with E-state index >= 15 is 0 Å². The van der Waals surface area contributed by atoms with Crippen LogP contribution >= 0.6 is 0 Å². The fourth-order valence-electron chi connectivity index (χ4n) is 1.55. The largest absolute Gasteiger partial charge is 0.443 e. The molecule has 0 N–H and O–H groups in total. The van der Waals surface area contributed by atoms with Gasteiger partial charge in [-0.05, 0) is 11.8 Å². The van der Waals surface area contributed by atoms with Gasteiger partial charge in [-0.2, -0.15) is 26.3 Å². The quantitative estimate of drug-likeness (QED) is 0.579. The molecule has 0 aromatic heterocycles. The standard InChI is InChI=1S/C11H16F6O2/c1-6(5-9(2,3)4)7(18)19-8(10(12,13)14)11(15,16)17/h6,8H,5H2,1-4H3. The molecule has 0 heterocycles. The Morgan fingerprint density at radius 3 is 1.63 bits per heavy atom. The summed E-state index contributed by atoms with van der Waals surface area (Å²) in [5.41, 5.74) is -0.412. The Morgan fingerprint density at radius 1 is 1.00 bits per heavy atom. The van der Waals surface area contributed by atoms with E-state index in [1.54, 1.807) is 20.8 Å². The molecule has 0 aliphatic carbocycles. The van der Waals surface area contributed by atoms with E-state index in [-0.39, 0.29) is 6.42 Å². The zero-order chi connectivity index (χ0) is 15.6. The van der Waals surface area contributed by atoms with Crippen LogP contribution in [0.1, 0.15) is 34.1 Å². The number of esters is 1. The first-order valence-corrected chi connectivity index (χ1v) is 5.48. The van der Waals surface area contributed by atoms with Crippen molar-refractivity contribution in [3.63, 3.8) is 0 Å². The average molecular weight is 294 g/mol. The van der Waals surface area contributed by atoms with Gasteiger partial charge in [0.1, 0.15) is 0 Å². The molecule has 0 radical (unpaired) electrons. The van der Waals surface area contributed by atoms with E-state index < -0.39 is 35.8 Å². The Balaban J connectivity index is 4.84. The van der Waals surface area contributed by atoms with E-state index in [0.717, 1.165) is 0 Å². The maximum Gasteiger partial charge on any atom is 0.434 e. The molecule has 8 heteroatoms. The lowest BCUT2D eigenvalue weighted by Crippen LogP contribution is -2.46. The van der Waals surface area contributed by atoms with Gasteiger partial charge in [-0.3, -0.25) is 4.79 Å². The third kappa shape index (κ3) is 6.68. The summed E-state index contributed by atoms with van der Waals surface area (Å²) < 4.78 is 76.7. The predicted molar refractivity (Wildman–Crippen MR) is 55.2 cm³/mol. The zero-order valence-electron chi connectivity index (χ0n) is 10.9. The van der Waals surface area contributed by atoms with Crippen molar-refractivity contribution in [1.29, 1.82) is 0 Å². The number of alkyl halides is 6. The highest BCUT2D eigenvalue weighted by Gasteiger charge is 2.60. The molecule has 0 aromatic carbocycles. The number of hydrogen-bond donors (Lipinski definition) is 0. The molecule has 0 amide bonds. The van der Waals surface area contributed by atoms with Crippen LogP contribution < -0.4 is 0 Å². The lowest BCUT2D eigenvalue weighted by Gasteiger charge is -2.26. The van der Waals surface area contributed by atoms with Crippen molar-refractivity contribution in [3.8, 4) is 0 Å². The van der Waals surface area contributed by atoms with Crippen LogP contribution in [0.25, 0.3) is 0 Å². The topological polar surface area (TPSA) is 26.3 Å². The molecule has 1 atom stereocenters. The first-order chi connectivity index (χ1) is 8.14. The number of ether oxygens (including phenoxy) is 1. The van der Waals surface area contributed by atoms with Crippen LogP contribution in [0, 0.1) is 11.3 Å². The fraction of sp³-hybridized carbons (Fsp3) is 0.909. The predicted octanol–water partition coefficient (Wildman–Crippen LogP) is 4.10. The third-order valence-electron chi connectivity index (χ3n) is 2.15. The van der Waals surface area contributed by atoms with Crippen molar-refractivity contribution in [2.24, 2.45) is 11.3 Å². The van der Waals surface area contributed by atoms with Gasteiger partial charge in [0.15, 0.2) is 0 Å². The summed E-state index contributed by atoms with van der Waals surface area (Å²) in [6.45, 7) is 6.36. The third-order valence-corrected chi connectivity index (χ3v) is 2.15. The van der Waals surface area contributed by atoms with Crippen molar-refractivity contribution in [3.05, 3.63) is 0 Å². The second-order valence-electron chi connectivity index (χ2n) is 5.57. The van der Waals surface area contributed by atoms with Gasteiger partial charge in [-0.15, -0.1) is 0 Å². The second kappa shape index (κ2) is 5.58. The number of hydrogen-bond acceptors (Lipinski definition) is 2. The second-order valence-corrected chi connectivity index (χ2v) is 5.57. The molecule has 0 saturated carbocycles. The summed E-state index contributed by atoms with van der Waals surface area (Å²) in [6, 6.07) is 0. The normalized spacial score (nSPS) is 15.5. The van der Waals surface area contributed by atoms with E-state index in [1.807, 2.05) is 0 Å². The monoisotopic (exact) mass is 294 g/mol. The number of halogens is 6. The maximum absolute atomic E-state index is 12.2. The Hall–Kier alpha value is -0.950. The summed E-state index contributed by atoms with van der Waals surface area (Å²) in [6.07, 6.45) is -15.3. The maximum atomic E-state index is 12.2. The minimum atomic E-state index is -5.67. The van der Waals surface area contributed by atoms with Gasteiger partial charge in [0.25, 0.3) is 6.10 Å². The first-order valence-electron chi connectivity index (χ1n) is 5.48. The molecule has 0 aliphatic heterocycles. The molecular weight excluding hydrogens is 278 g/mol. The molecule has 114 valence electrons. The number of carbonyl (C=O) groups is 1. The lowest BCUT2D eigenvalue weighted by atomic mass is 9.85. The Kier molecular flexibility index (Phi) is 5.30. The fourth-order valence-corrected chi connectivity index (χ4v) is 1.55. The van der Waals surface area contributed by atoms with Crippen LogP contribution in [0.2, 0.25) is 0 Å². The Bertz CT molecular complexity index is 299. The van der Waals surface area contributed by atoms with Gasteiger partial charge in [0.2, 0.25) is 0 Å². The highest BCUT2D eigenvalue weighted by molar-refractivity contribution is 5.72. The number of rotatable bonds is 3. The summed E-state index contributed by atoms with van der Waals surface area (Å²) >= 11 is 0. The SMILES string of the molecule is CC(CC(C)(C)C)C(=O)OC(C(F)(F)F)C(F)(F)F. The molecule has 0 rings (SSSR count). The van der Waals surface area contributed by atoms with Crippen molar-refractivity contribution in [1.82, 2.24) is 0 Å². The smallest absolute Gasteiger partial charge is 0.434 e. The molecule has 0 fully saturated rings. The van der Waals surface area contributed by atoms with Crippen molar-refractivity contribution >= 4 is 5.97 Å². The van der Waals surface area contributed by atoms with Crippen LogP contribution in [0.4, 0.5) is 26.3 Å². The zero-order valence-corrected chi connectivity index (χ0v) is 10.9. The molecular formula is C11H16F6O2. The van der Waals surface area contributed by atoms with Crippen LogP contribution in [0.5, 0.6) is 0 Å². The molecule has 2 nitrogen and oxygen atoms in total. The van der Waals surface area contributed by atoms with Gasteiger partial charge in [-0.1, -0.05) is 27.7 Å². The van der Waals surface area contributed by atoms with E-state index in [4.69, 9.17) is 0 Å². The van der Waals surface area contributed by atoms with Gasteiger partial charge >= 0.3 is 18.3 Å². The van der Waals surface area contributed by atoms with Crippen molar-refractivity contribution in [2.75, 3.05) is 0 Å². The Morgan fingerprint density at radius 2 is 1.37 bits per heavy atom.